The monoisotopic (exact) mass is 449 g/mol. The first-order chi connectivity index (χ1) is 15.6. The van der Waals surface area contributed by atoms with Crippen molar-refractivity contribution in [3.63, 3.8) is 0 Å². The molecule has 1 aromatic heterocycles. The number of nitrogens with zero attached hydrogens (tertiary/aromatic N) is 4. The van der Waals surface area contributed by atoms with Gasteiger partial charge in [0.2, 0.25) is 5.95 Å². The Morgan fingerprint density at radius 2 is 1.69 bits per heavy atom. The molecule has 1 amide bonds. The predicted molar refractivity (Wildman–Crippen MR) is 119 cm³/mol. The summed E-state index contributed by atoms with van der Waals surface area (Å²) in [5.41, 5.74) is 0.800. The van der Waals surface area contributed by atoms with E-state index in [4.69, 9.17) is 4.74 Å². The molecule has 2 atom stereocenters. The summed E-state index contributed by atoms with van der Waals surface area (Å²) in [6.45, 7) is 0. The number of aromatic nitrogens is 2. The summed E-state index contributed by atoms with van der Waals surface area (Å²) in [5.74, 6) is -0.839. The van der Waals surface area contributed by atoms with Crippen LogP contribution in [0, 0.1) is 5.92 Å². The summed E-state index contributed by atoms with van der Waals surface area (Å²) in [4.78, 5) is 34.9. The summed E-state index contributed by atoms with van der Waals surface area (Å²) >= 11 is 1.33. The first-order valence-corrected chi connectivity index (χ1v) is 10.4. The third-order valence-corrected chi connectivity index (χ3v) is 5.52. The lowest BCUT2D eigenvalue weighted by molar-refractivity contribution is -0.0220. The molecule has 10 heteroatoms. The molecule has 2 N–H and O–H groups in total. The molecule has 0 radical (unpaired) electrons. The van der Waals surface area contributed by atoms with Crippen LogP contribution in [0.15, 0.2) is 77.0 Å². The molecule has 0 spiro atoms. The van der Waals surface area contributed by atoms with Crippen LogP contribution in [0.4, 0.5) is 5.95 Å². The molecule has 9 nitrogen and oxygen atoms in total. The number of phenolic OH excluding ortho intramolecular Hbond substituents is 1. The number of hydrogen-bond donors (Lipinski definition) is 2. The molecular formula is C22H19N5O4S. The zero-order valence-electron chi connectivity index (χ0n) is 17.0. The maximum absolute atomic E-state index is 13.1. The van der Waals surface area contributed by atoms with Gasteiger partial charge >= 0.3 is 0 Å². The molecule has 32 heavy (non-hydrogen) atoms. The molecular weight excluding hydrogens is 430 g/mol. The Bertz CT molecular complexity index is 1120. The number of anilines is 1. The first kappa shape index (κ1) is 21.5. The lowest BCUT2D eigenvalue weighted by Crippen LogP contribution is -2.41. The predicted octanol–water partition coefficient (Wildman–Crippen LogP) is 3.21. The topological polar surface area (TPSA) is 117 Å². The number of Topliss-reactive ketones (excluding diaryl/α,β-unsaturated/α-hetero) is 1. The van der Waals surface area contributed by atoms with Gasteiger partial charge in [-0.05, 0) is 54.4 Å². The minimum Gasteiger partial charge on any atom is -0.508 e. The quantitative estimate of drug-likeness (QED) is 0.417. The van der Waals surface area contributed by atoms with Gasteiger partial charge in [0, 0.05) is 41.7 Å². The Balaban J connectivity index is 1.43. The van der Waals surface area contributed by atoms with E-state index < -0.39 is 18.1 Å². The third-order valence-electron chi connectivity index (χ3n) is 4.73. The Kier molecular flexibility index (Phi) is 6.43. The van der Waals surface area contributed by atoms with Gasteiger partial charge < -0.3 is 9.84 Å². The fourth-order valence-corrected chi connectivity index (χ4v) is 3.71. The van der Waals surface area contributed by atoms with E-state index in [0.29, 0.717) is 17.1 Å². The number of rotatable bonds is 7. The van der Waals surface area contributed by atoms with E-state index in [1.54, 1.807) is 42.7 Å². The molecule has 0 saturated carbocycles. The fourth-order valence-electron chi connectivity index (χ4n) is 3.12. The molecule has 0 saturated heterocycles. The largest absolute Gasteiger partial charge is 0.508 e. The van der Waals surface area contributed by atoms with E-state index in [0.717, 1.165) is 9.90 Å². The highest BCUT2D eigenvalue weighted by Gasteiger charge is 2.40. The number of phenols is 1. The molecule has 1 aliphatic heterocycles. The van der Waals surface area contributed by atoms with Crippen molar-refractivity contribution in [2.24, 2.45) is 11.0 Å². The van der Waals surface area contributed by atoms with Crippen LogP contribution >= 0.6 is 11.9 Å². The molecule has 1 aliphatic rings. The van der Waals surface area contributed by atoms with Crippen LogP contribution < -0.4 is 4.72 Å². The summed E-state index contributed by atoms with van der Waals surface area (Å²) in [5, 5.41) is 14.7. The van der Waals surface area contributed by atoms with Crippen molar-refractivity contribution in [3.8, 4) is 5.75 Å². The number of hydrazone groups is 1. The molecule has 0 fully saturated rings. The maximum atomic E-state index is 13.1. The van der Waals surface area contributed by atoms with Crippen molar-refractivity contribution in [3.05, 3.63) is 78.1 Å². The number of benzene rings is 2. The minimum absolute atomic E-state index is 0.0518. The number of carbonyl (C=O) groups excluding carboxylic acids is 2. The normalized spacial score (nSPS) is 17.3. The first-order valence-electron chi connectivity index (χ1n) is 9.60. The number of carbonyl (C=O) groups is 2. The van der Waals surface area contributed by atoms with Crippen LogP contribution in [-0.4, -0.2) is 51.3 Å². The van der Waals surface area contributed by atoms with Crippen LogP contribution in [0.25, 0.3) is 0 Å². The summed E-state index contributed by atoms with van der Waals surface area (Å²) in [6.07, 6.45) is 3.84. The number of ketones is 1. The smallest absolute Gasteiger partial charge is 0.276 e. The van der Waals surface area contributed by atoms with Gasteiger partial charge in [-0.15, -0.1) is 0 Å². The molecule has 2 aromatic carbocycles. The number of methoxy groups -OCH3 is 1. The van der Waals surface area contributed by atoms with Gasteiger partial charge in [0.05, 0.1) is 0 Å². The van der Waals surface area contributed by atoms with E-state index in [2.05, 4.69) is 19.8 Å². The highest BCUT2D eigenvalue weighted by Crippen LogP contribution is 2.26. The van der Waals surface area contributed by atoms with Gasteiger partial charge in [-0.2, -0.15) is 10.1 Å². The molecule has 4 rings (SSSR count). The van der Waals surface area contributed by atoms with E-state index >= 15 is 0 Å². The number of ether oxygens (including phenoxy) is 1. The van der Waals surface area contributed by atoms with E-state index in [1.165, 1.54) is 49.5 Å². The Morgan fingerprint density at radius 1 is 1.03 bits per heavy atom. The van der Waals surface area contributed by atoms with Crippen LogP contribution in [0.1, 0.15) is 20.7 Å². The van der Waals surface area contributed by atoms with Gasteiger partial charge in [0.15, 0.2) is 12.0 Å². The number of hydrogen-bond acceptors (Lipinski definition) is 9. The second-order valence-electron chi connectivity index (χ2n) is 6.78. The molecule has 2 unspecified atom stereocenters. The van der Waals surface area contributed by atoms with Crippen molar-refractivity contribution in [2.75, 3.05) is 11.8 Å². The van der Waals surface area contributed by atoms with Crippen LogP contribution in [0.5, 0.6) is 5.75 Å². The summed E-state index contributed by atoms with van der Waals surface area (Å²) in [7, 11) is 1.42. The average Bonchev–Trinajstić information content (AvgIpc) is 3.27. The summed E-state index contributed by atoms with van der Waals surface area (Å²) in [6, 6.07) is 14.6. The van der Waals surface area contributed by atoms with Crippen molar-refractivity contribution >= 4 is 35.8 Å². The zero-order chi connectivity index (χ0) is 22.5. The Morgan fingerprint density at radius 3 is 2.34 bits per heavy atom. The zero-order valence-corrected chi connectivity index (χ0v) is 17.8. The molecule has 0 bridgehead atoms. The second kappa shape index (κ2) is 9.58. The van der Waals surface area contributed by atoms with Gasteiger partial charge in [-0.1, -0.05) is 12.1 Å². The van der Waals surface area contributed by atoms with Crippen molar-refractivity contribution in [1.29, 1.82) is 0 Å². The van der Waals surface area contributed by atoms with E-state index in [-0.39, 0.29) is 11.5 Å². The Labute approximate surface area is 188 Å². The standard InChI is InChI=1S/C22H19N5O4S/c1-31-21-18(13-25-27(21)20(30)15-3-7-16(28)8-4-15)19(29)14-5-9-17(10-6-14)32-26-22-23-11-2-12-24-22/h2-13,18,21,28H,1H3,(H,23,24,26). The summed E-state index contributed by atoms with van der Waals surface area (Å²) < 4.78 is 8.47. The molecule has 162 valence electrons. The number of amides is 1. The van der Waals surface area contributed by atoms with Gasteiger partial charge in [-0.25, -0.2) is 9.97 Å². The van der Waals surface area contributed by atoms with E-state index in [1.807, 2.05) is 0 Å². The van der Waals surface area contributed by atoms with Crippen LogP contribution in [-0.2, 0) is 4.74 Å². The SMILES string of the molecule is COC1C(C(=O)c2ccc(SNc3ncccn3)cc2)C=NN1C(=O)c1ccc(O)cc1. The lowest BCUT2D eigenvalue weighted by Gasteiger charge is -2.24. The van der Waals surface area contributed by atoms with Crippen molar-refractivity contribution < 1.29 is 19.4 Å². The van der Waals surface area contributed by atoms with Crippen molar-refractivity contribution in [2.45, 2.75) is 11.1 Å². The van der Waals surface area contributed by atoms with Gasteiger partial charge in [0.1, 0.15) is 11.7 Å². The maximum Gasteiger partial charge on any atom is 0.276 e. The Hall–Kier alpha value is -3.76. The van der Waals surface area contributed by atoms with Crippen LogP contribution in [0.2, 0.25) is 0 Å². The van der Waals surface area contributed by atoms with Gasteiger partial charge in [-0.3, -0.25) is 14.3 Å². The third kappa shape index (κ3) is 4.61. The van der Waals surface area contributed by atoms with E-state index in [9.17, 15) is 14.7 Å². The molecule has 0 aliphatic carbocycles. The highest BCUT2D eigenvalue weighted by molar-refractivity contribution is 8.00. The van der Waals surface area contributed by atoms with Crippen LogP contribution in [0.3, 0.4) is 0 Å². The fraction of sp³-hybridized carbons (Fsp3) is 0.136. The highest BCUT2D eigenvalue weighted by atomic mass is 32.2. The minimum atomic E-state index is -0.866. The lowest BCUT2D eigenvalue weighted by atomic mass is 9.97. The average molecular weight is 449 g/mol. The van der Waals surface area contributed by atoms with Crippen molar-refractivity contribution in [1.82, 2.24) is 15.0 Å². The molecule has 3 aromatic rings. The number of aromatic hydroxyl groups is 1. The molecule has 2 heterocycles. The number of nitrogens with one attached hydrogen (secondary N) is 1. The second-order valence-corrected chi connectivity index (χ2v) is 7.66. The van der Waals surface area contributed by atoms with Gasteiger partial charge in [0.25, 0.3) is 5.91 Å².